The number of hydrogen-bond donors (Lipinski definition) is 1. The van der Waals surface area contributed by atoms with E-state index >= 15 is 0 Å². The first-order valence-corrected chi connectivity index (χ1v) is 7.40. The molecule has 1 aliphatic rings. The normalized spacial score (nSPS) is 17.0. The summed E-state index contributed by atoms with van der Waals surface area (Å²) in [4.78, 5) is 2.51. The maximum Gasteiger partial charge on any atom is 0.0548 e. The molecule has 0 bridgehead atoms. The first kappa shape index (κ1) is 13.0. The highest BCUT2D eigenvalue weighted by Gasteiger charge is 2.27. The minimum atomic E-state index is 0.484. The fourth-order valence-electron chi connectivity index (χ4n) is 3.33. The molecule has 0 saturated carbocycles. The SMILES string of the molecule is CCN(c1cccc(C)c1)C1CCc2cc(N)ccc21. The van der Waals surface area contributed by atoms with Crippen molar-refractivity contribution in [1.29, 1.82) is 0 Å². The molecule has 0 spiro atoms. The van der Waals surface area contributed by atoms with Crippen LogP contribution in [0.2, 0.25) is 0 Å². The van der Waals surface area contributed by atoms with Gasteiger partial charge in [0, 0.05) is 17.9 Å². The predicted octanol–water partition coefficient (Wildman–Crippen LogP) is 4.09. The van der Waals surface area contributed by atoms with Gasteiger partial charge in [-0.25, -0.2) is 0 Å². The van der Waals surface area contributed by atoms with Crippen LogP contribution in [0.1, 0.15) is 36.1 Å². The van der Waals surface area contributed by atoms with Crippen LogP contribution in [-0.2, 0) is 6.42 Å². The van der Waals surface area contributed by atoms with Gasteiger partial charge >= 0.3 is 0 Å². The Balaban J connectivity index is 1.96. The summed E-state index contributed by atoms with van der Waals surface area (Å²) in [6.45, 7) is 5.41. The molecule has 1 unspecified atom stereocenters. The van der Waals surface area contributed by atoms with Gasteiger partial charge in [0.15, 0.2) is 0 Å². The Morgan fingerprint density at radius 1 is 1.20 bits per heavy atom. The van der Waals surface area contributed by atoms with Gasteiger partial charge in [-0.2, -0.15) is 0 Å². The minimum absolute atomic E-state index is 0.484. The Morgan fingerprint density at radius 3 is 2.80 bits per heavy atom. The van der Waals surface area contributed by atoms with Crippen LogP contribution in [0.4, 0.5) is 11.4 Å². The molecule has 0 amide bonds. The van der Waals surface area contributed by atoms with Crippen LogP contribution >= 0.6 is 0 Å². The summed E-state index contributed by atoms with van der Waals surface area (Å²) in [5.41, 5.74) is 12.3. The molecule has 2 N–H and O–H groups in total. The number of rotatable bonds is 3. The van der Waals surface area contributed by atoms with Gasteiger partial charge in [-0.1, -0.05) is 18.2 Å². The Bertz CT molecular complexity index is 619. The summed E-state index contributed by atoms with van der Waals surface area (Å²) in [5.74, 6) is 0. The van der Waals surface area contributed by atoms with Crippen LogP contribution in [0.3, 0.4) is 0 Å². The summed E-state index contributed by atoms with van der Waals surface area (Å²) in [6, 6.07) is 15.6. The van der Waals surface area contributed by atoms with E-state index in [1.807, 2.05) is 6.07 Å². The molecular weight excluding hydrogens is 244 g/mol. The van der Waals surface area contributed by atoms with E-state index in [1.165, 1.54) is 28.8 Å². The number of nitrogens with zero attached hydrogens (tertiary/aromatic N) is 1. The first-order chi connectivity index (χ1) is 9.69. The van der Waals surface area contributed by atoms with Gasteiger partial charge in [0.1, 0.15) is 0 Å². The number of anilines is 2. The summed E-state index contributed by atoms with van der Waals surface area (Å²) < 4.78 is 0. The molecule has 1 aliphatic carbocycles. The second-order valence-electron chi connectivity index (χ2n) is 5.64. The maximum absolute atomic E-state index is 5.90. The van der Waals surface area contributed by atoms with E-state index in [4.69, 9.17) is 5.73 Å². The average Bonchev–Trinajstić information content (AvgIpc) is 2.83. The lowest BCUT2D eigenvalue weighted by Gasteiger charge is -2.31. The van der Waals surface area contributed by atoms with E-state index in [1.54, 1.807) is 0 Å². The van der Waals surface area contributed by atoms with E-state index in [2.05, 4.69) is 55.1 Å². The average molecular weight is 266 g/mol. The number of hydrogen-bond acceptors (Lipinski definition) is 2. The number of nitrogens with two attached hydrogens (primary N) is 1. The highest BCUT2D eigenvalue weighted by Crippen LogP contribution is 2.39. The Hall–Kier alpha value is -1.96. The summed E-state index contributed by atoms with van der Waals surface area (Å²) in [6.07, 6.45) is 2.31. The molecule has 0 radical (unpaired) electrons. The lowest BCUT2D eigenvalue weighted by Crippen LogP contribution is -2.27. The first-order valence-electron chi connectivity index (χ1n) is 7.40. The van der Waals surface area contributed by atoms with Crippen LogP contribution in [0.15, 0.2) is 42.5 Å². The van der Waals surface area contributed by atoms with Crippen molar-refractivity contribution in [3.8, 4) is 0 Å². The van der Waals surface area contributed by atoms with Gasteiger partial charge in [-0.15, -0.1) is 0 Å². The standard InChI is InChI=1S/C18H22N2/c1-3-20(16-6-4-5-13(2)11-16)18-10-7-14-12-15(19)8-9-17(14)18/h4-6,8-9,11-12,18H,3,7,10,19H2,1-2H3. The highest BCUT2D eigenvalue weighted by atomic mass is 15.2. The van der Waals surface area contributed by atoms with Gasteiger partial charge in [0.2, 0.25) is 0 Å². The fraction of sp³-hybridized carbons (Fsp3) is 0.333. The largest absolute Gasteiger partial charge is 0.399 e. The van der Waals surface area contributed by atoms with Crippen LogP contribution < -0.4 is 10.6 Å². The molecule has 0 aromatic heterocycles. The maximum atomic E-state index is 5.90. The molecule has 1 atom stereocenters. The van der Waals surface area contributed by atoms with Crippen molar-refractivity contribution in [2.45, 2.75) is 32.7 Å². The van der Waals surface area contributed by atoms with Crippen molar-refractivity contribution < 1.29 is 0 Å². The van der Waals surface area contributed by atoms with E-state index in [9.17, 15) is 0 Å². The highest BCUT2D eigenvalue weighted by molar-refractivity contribution is 5.55. The van der Waals surface area contributed by atoms with Crippen molar-refractivity contribution in [3.63, 3.8) is 0 Å². The van der Waals surface area contributed by atoms with Crippen molar-refractivity contribution in [1.82, 2.24) is 0 Å². The van der Waals surface area contributed by atoms with E-state index in [0.717, 1.165) is 18.7 Å². The molecule has 2 nitrogen and oxygen atoms in total. The van der Waals surface area contributed by atoms with Crippen molar-refractivity contribution in [3.05, 3.63) is 59.2 Å². The lowest BCUT2D eigenvalue weighted by atomic mass is 10.0. The molecule has 2 heteroatoms. The van der Waals surface area contributed by atoms with Crippen LogP contribution in [0, 0.1) is 6.92 Å². The van der Waals surface area contributed by atoms with Crippen molar-refractivity contribution in [2.75, 3.05) is 17.2 Å². The number of aryl methyl sites for hydroxylation is 2. The Morgan fingerprint density at radius 2 is 2.05 bits per heavy atom. The predicted molar refractivity (Wildman–Crippen MR) is 86.1 cm³/mol. The van der Waals surface area contributed by atoms with E-state index in [0.29, 0.717) is 6.04 Å². The summed E-state index contributed by atoms with van der Waals surface area (Å²) in [7, 11) is 0. The quantitative estimate of drug-likeness (QED) is 0.848. The summed E-state index contributed by atoms with van der Waals surface area (Å²) >= 11 is 0. The van der Waals surface area contributed by atoms with E-state index in [-0.39, 0.29) is 0 Å². The van der Waals surface area contributed by atoms with Crippen LogP contribution in [0.5, 0.6) is 0 Å². The molecule has 104 valence electrons. The monoisotopic (exact) mass is 266 g/mol. The smallest absolute Gasteiger partial charge is 0.0548 e. The zero-order valence-electron chi connectivity index (χ0n) is 12.3. The Kier molecular flexibility index (Phi) is 3.39. The van der Waals surface area contributed by atoms with Crippen LogP contribution in [0.25, 0.3) is 0 Å². The van der Waals surface area contributed by atoms with E-state index < -0.39 is 0 Å². The number of nitrogen functional groups attached to an aromatic ring is 1. The van der Waals surface area contributed by atoms with Crippen molar-refractivity contribution >= 4 is 11.4 Å². The zero-order valence-corrected chi connectivity index (χ0v) is 12.3. The molecule has 3 rings (SSSR count). The topological polar surface area (TPSA) is 29.3 Å². The van der Waals surface area contributed by atoms with Gasteiger partial charge < -0.3 is 10.6 Å². The van der Waals surface area contributed by atoms with Gasteiger partial charge in [0.05, 0.1) is 6.04 Å². The molecule has 20 heavy (non-hydrogen) atoms. The van der Waals surface area contributed by atoms with Crippen molar-refractivity contribution in [2.24, 2.45) is 0 Å². The second kappa shape index (κ2) is 5.20. The third kappa shape index (κ3) is 2.26. The zero-order chi connectivity index (χ0) is 14.1. The molecule has 0 heterocycles. The molecule has 0 aliphatic heterocycles. The number of fused-ring (bicyclic) bond motifs is 1. The fourth-order valence-corrected chi connectivity index (χ4v) is 3.33. The van der Waals surface area contributed by atoms with Gasteiger partial charge in [-0.05, 0) is 67.6 Å². The molecule has 2 aromatic rings. The summed E-state index contributed by atoms with van der Waals surface area (Å²) in [5, 5.41) is 0. The van der Waals surface area contributed by atoms with Gasteiger partial charge in [0.25, 0.3) is 0 Å². The minimum Gasteiger partial charge on any atom is -0.399 e. The Labute approximate surface area is 121 Å². The second-order valence-corrected chi connectivity index (χ2v) is 5.64. The molecule has 0 fully saturated rings. The molecule has 2 aromatic carbocycles. The number of benzene rings is 2. The molecular formula is C18H22N2. The van der Waals surface area contributed by atoms with Crippen LogP contribution in [-0.4, -0.2) is 6.54 Å². The molecule has 0 saturated heterocycles. The lowest BCUT2D eigenvalue weighted by molar-refractivity contribution is 0.628. The van der Waals surface area contributed by atoms with Gasteiger partial charge in [-0.3, -0.25) is 0 Å². The third-order valence-electron chi connectivity index (χ3n) is 4.26. The third-order valence-corrected chi connectivity index (χ3v) is 4.26.